The summed E-state index contributed by atoms with van der Waals surface area (Å²) >= 11 is 11.9. The molecule has 0 atom stereocenters. The molecule has 2 aromatic rings. The van der Waals surface area contributed by atoms with Gasteiger partial charge in [0.25, 0.3) is 0 Å². The fraction of sp³-hybridized carbons (Fsp3) is 0.188. The molecule has 0 bridgehead atoms. The summed E-state index contributed by atoms with van der Waals surface area (Å²) in [5.41, 5.74) is 1.59. The van der Waals surface area contributed by atoms with Gasteiger partial charge in [-0.25, -0.2) is 4.79 Å². The first-order chi connectivity index (χ1) is 10.6. The molecule has 114 valence electrons. The van der Waals surface area contributed by atoms with Crippen molar-refractivity contribution >= 4 is 40.6 Å². The summed E-state index contributed by atoms with van der Waals surface area (Å²) in [6.45, 7) is 1.22. The number of amides is 2. The van der Waals surface area contributed by atoms with Gasteiger partial charge in [0.05, 0.1) is 17.2 Å². The minimum atomic E-state index is -0.0800. The Bertz CT molecular complexity index is 704. The zero-order chi connectivity index (χ0) is 15.7. The predicted molar refractivity (Wildman–Crippen MR) is 89.5 cm³/mol. The summed E-state index contributed by atoms with van der Waals surface area (Å²) in [5.74, 6) is 0.761. The second-order valence-corrected chi connectivity index (χ2v) is 5.70. The van der Waals surface area contributed by atoms with E-state index in [2.05, 4.69) is 0 Å². The van der Waals surface area contributed by atoms with Crippen LogP contribution in [0, 0.1) is 0 Å². The lowest BCUT2D eigenvalue weighted by Crippen LogP contribution is -2.31. The van der Waals surface area contributed by atoms with Crippen molar-refractivity contribution in [2.45, 2.75) is 0 Å². The van der Waals surface area contributed by atoms with E-state index in [1.165, 1.54) is 0 Å². The van der Waals surface area contributed by atoms with E-state index in [0.29, 0.717) is 23.1 Å². The summed E-state index contributed by atoms with van der Waals surface area (Å²) in [7, 11) is 1.61. The molecule has 22 heavy (non-hydrogen) atoms. The third kappa shape index (κ3) is 2.72. The van der Waals surface area contributed by atoms with E-state index in [4.69, 9.17) is 27.9 Å². The molecular formula is C16H14Cl2N2O2. The molecule has 2 amide bonds. The average molecular weight is 337 g/mol. The van der Waals surface area contributed by atoms with E-state index in [-0.39, 0.29) is 6.03 Å². The molecule has 1 saturated heterocycles. The number of rotatable bonds is 3. The van der Waals surface area contributed by atoms with Crippen LogP contribution in [0.4, 0.5) is 16.2 Å². The molecule has 0 aliphatic carbocycles. The number of anilines is 2. The van der Waals surface area contributed by atoms with Gasteiger partial charge in [-0.15, -0.1) is 0 Å². The Morgan fingerprint density at radius 1 is 0.909 bits per heavy atom. The number of benzene rings is 2. The molecule has 1 fully saturated rings. The average Bonchev–Trinajstić information content (AvgIpc) is 2.92. The normalized spacial score (nSPS) is 14.6. The number of carbonyl (C=O) groups excluding carboxylic acids is 1. The van der Waals surface area contributed by atoms with Gasteiger partial charge in [-0.1, -0.05) is 23.2 Å². The van der Waals surface area contributed by atoms with Gasteiger partial charge < -0.3 is 4.74 Å². The smallest absolute Gasteiger partial charge is 0.329 e. The first kappa shape index (κ1) is 15.0. The molecule has 0 saturated carbocycles. The molecule has 3 rings (SSSR count). The third-order valence-electron chi connectivity index (χ3n) is 3.61. The Kier molecular flexibility index (Phi) is 4.14. The maximum Gasteiger partial charge on any atom is 0.329 e. The Balaban J connectivity index is 1.83. The molecule has 0 unspecified atom stereocenters. The monoisotopic (exact) mass is 336 g/mol. The molecule has 1 aliphatic rings. The Morgan fingerprint density at radius 2 is 1.50 bits per heavy atom. The molecule has 0 aromatic heterocycles. The van der Waals surface area contributed by atoms with Gasteiger partial charge in [0.2, 0.25) is 0 Å². The van der Waals surface area contributed by atoms with Gasteiger partial charge in [0.1, 0.15) is 5.75 Å². The summed E-state index contributed by atoms with van der Waals surface area (Å²) in [6.07, 6.45) is 0. The molecule has 1 aliphatic heterocycles. The molecule has 0 radical (unpaired) electrons. The molecule has 2 aromatic carbocycles. The summed E-state index contributed by atoms with van der Waals surface area (Å²) in [5, 5.41) is 0.916. The van der Waals surface area contributed by atoms with Crippen LogP contribution in [0.25, 0.3) is 0 Å². The largest absolute Gasteiger partial charge is 0.497 e. The minimum absolute atomic E-state index is 0.0800. The number of halogens is 2. The molecule has 4 nitrogen and oxygen atoms in total. The minimum Gasteiger partial charge on any atom is -0.497 e. The molecule has 0 spiro atoms. The van der Waals surface area contributed by atoms with E-state index < -0.39 is 0 Å². The fourth-order valence-electron chi connectivity index (χ4n) is 2.43. The number of carbonyl (C=O) groups is 1. The van der Waals surface area contributed by atoms with E-state index in [1.807, 2.05) is 24.3 Å². The Hall–Kier alpha value is -1.91. The van der Waals surface area contributed by atoms with Crippen molar-refractivity contribution in [3.05, 3.63) is 52.5 Å². The number of nitrogens with zero attached hydrogens (tertiary/aromatic N) is 2. The Labute approximate surface area is 138 Å². The summed E-state index contributed by atoms with van der Waals surface area (Å²) < 4.78 is 5.13. The lowest BCUT2D eigenvalue weighted by Gasteiger charge is -2.19. The van der Waals surface area contributed by atoms with E-state index in [1.54, 1.807) is 35.1 Å². The van der Waals surface area contributed by atoms with Gasteiger partial charge in [-0.2, -0.15) is 0 Å². The van der Waals surface area contributed by atoms with E-state index >= 15 is 0 Å². The number of methoxy groups -OCH3 is 1. The van der Waals surface area contributed by atoms with Crippen LogP contribution in [0.3, 0.4) is 0 Å². The maximum atomic E-state index is 12.6. The van der Waals surface area contributed by atoms with Crippen molar-refractivity contribution in [3.63, 3.8) is 0 Å². The van der Waals surface area contributed by atoms with Gasteiger partial charge in [0.15, 0.2) is 0 Å². The molecule has 1 heterocycles. The van der Waals surface area contributed by atoms with Gasteiger partial charge in [0, 0.05) is 24.5 Å². The van der Waals surface area contributed by atoms with Crippen LogP contribution in [-0.4, -0.2) is 26.2 Å². The second-order valence-electron chi connectivity index (χ2n) is 4.88. The maximum absolute atomic E-state index is 12.6. The summed E-state index contributed by atoms with van der Waals surface area (Å²) in [6, 6.07) is 12.5. The zero-order valence-corrected chi connectivity index (χ0v) is 13.4. The highest BCUT2D eigenvalue weighted by molar-refractivity contribution is 6.42. The summed E-state index contributed by atoms with van der Waals surface area (Å²) in [4.78, 5) is 16.0. The lowest BCUT2D eigenvalue weighted by atomic mass is 10.3. The van der Waals surface area contributed by atoms with E-state index in [0.717, 1.165) is 17.1 Å². The van der Waals surface area contributed by atoms with Crippen molar-refractivity contribution in [2.75, 3.05) is 30.0 Å². The van der Waals surface area contributed by atoms with Gasteiger partial charge in [-0.3, -0.25) is 9.80 Å². The fourth-order valence-corrected chi connectivity index (χ4v) is 2.72. The van der Waals surface area contributed by atoms with Crippen molar-refractivity contribution in [1.82, 2.24) is 0 Å². The van der Waals surface area contributed by atoms with Crippen LogP contribution < -0.4 is 14.5 Å². The van der Waals surface area contributed by atoms with Crippen molar-refractivity contribution < 1.29 is 9.53 Å². The van der Waals surface area contributed by atoms with E-state index in [9.17, 15) is 4.79 Å². The van der Waals surface area contributed by atoms with Crippen LogP contribution in [0.5, 0.6) is 5.75 Å². The molecule has 6 heteroatoms. The van der Waals surface area contributed by atoms with Crippen molar-refractivity contribution in [1.29, 1.82) is 0 Å². The van der Waals surface area contributed by atoms with Gasteiger partial charge in [-0.05, 0) is 42.5 Å². The predicted octanol–water partition coefficient (Wildman–Crippen LogP) is 4.45. The number of ether oxygens (including phenoxy) is 1. The molecule has 0 N–H and O–H groups in total. The van der Waals surface area contributed by atoms with Crippen LogP contribution in [0.2, 0.25) is 10.0 Å². The van der Waals surface area contributed by atoms with Crippen LogP contribution >= 0.6 is 23.2 Å². The van der Waals surface area contributed by atoms with Gasteiger partial charge >= 0.3 is 6.03 Å². The highest BCUT2D eigenvalue weighted by Crippen LogP contribution is 2.31. The topological polar surface area (TPSA) is 32.8 Å². The molecular weight excluding hydrogens is 323 g/mol. The van der Waals surface area contributed by atoms with Crippen LogP contribution in [0.15, 0.2) is 42.5 Å². The first-order valence-corrected chi connectivity index (χ1v) is 7.54. The lowest BCUT2D eigenvalue weighted by molar-refractivity contribution is 0.256. The van der Waals surface area contributed by atoms with Crippen LogP contribution in [0.1, 0.15) is 0 Å². The second kappa shape index (κ2) is 6.07. The van der Waals surface area contributed by atoms with Crippen molar-refractivity contribution in [3.8, 4) is 5.75 Å². The Morgan fingerprint density at radius 3 is 2.09 bits per heavy atom. The number of urea groups is 1. The highest BCUT2D eigenvalue weighted by Gasteiger charge is 2.30. The first-order valence-electron chi connectivity index (χ1n) is 6.78. The SMILES string of the molecule is COc1ccc(N2CCN(c3ccc(Cl)c(Cl)c3)C2=O)cc1. The zero-order valence-electron chi connectivity index (χ0n) is 11.9. The number of hydrogen-bond acceptors (Lipinski definition) is 2. The third-order valence-corrected chi connectivity index (χ3v) is 4.35. The highest BCUT2D eigenvalue weighted by atomic mass is 35.5. The number of hydrogen-bond donors (Lipinski definition) is 0. The standard InChI is InChI=1S/C16H14Cl2N2O2/c1-22-13-5-2-11(3-6-13)19-8-9-20(16(19)21)12-4-7-14(17)15(18)10-12/h2-7,10H,8-9H2,1H3. The van der Waals surface area contributed by atoms with Crippen molar-refractivity contribution in [2.24, 2.45) is 0 Å². The quantitative estimate of drug-likeness (QED) is 0.829. The van der Waals surface area contributed by atoms with Crippen LogP contribution in [-0.2, 0) is 0 Å².